The first-order chi connectivity index (χ1) is 2.94. The van der Waals surface area contributed by atoms with Crippen LogP contribution >= 0.6 is 7.15 Å². The lowest BCUT2D eigenvalue weighted by atomic mass is 13.9. The average Bonchev–Trinajstić information content (AvgIpc) is 1.31. The third-order valence-corrected chi connectivity index (χ3v) is 2.29. The lowest BCUT2D eigenvalue weighted by molar-refractivity contribution is 0.495. The van der Waals surface area contributed by atoms with Crippen molar-refractivity contribution in [3.63, 3.8) is 0 Å². The van der Waals surface area contributed by atoms with Crippen molar-refractivity contribution in [1.82, 2.24) is 0 Å². The highest BCUT2D eigenvalue weighted by Gasteiger charge is 2.07. The molecule has 0 amide bonds. The monoisotopic (exact) mass is 145 g/mol. The topological polar surface area (TPSA) is 97.5 Å². The largest absolute Gasteiger partial charge is 0.327 e. The third kappa shape index (κ3) is 2.76. The standard InChI is InChI=1S/H4NO4PS/c1-6(2)7(3,4)5/h6H,(H2,1,2)(H,3,4,5). The van der Waals surface area contributed by atoms with Gasteiger partial charge in [-0.1, -0.05) is 0 Å². The number of hydrogen-bond donors (Lipinski definition) is 2. The SMILES string of the molecule is N[PH](=O)S(=O)(=O)O. The molecule has 1 unspecified atom stereocenters. The van der Waals surface area contributed by atoms with Crippen LogP contribution in [-0.2, 0) is 14.3 Å². The average molecular weight is 145 g/mol. The van der Waals surface area contributed by atoms with Gasteiger partial charge in [0, 0.05) is 0 Å². The zero-order chi connectivity index (χ0) is 6.08. The van der Waals surface area contributed by atoms with E-state index < -0.39 is 16.9 Å². The minimum absolute atomic E-state index is 3.27. The first-order valence-corrected chi connectivity index (χ1v) is 4.86. The van der Waals surface area contributed by atoms with Crippen LogP contribution in [0.1, 0.15) is 0 Å². The summed E-state index contributed by atoms with van der Waals surface area (Å²) in [5.74, 6) is 0. The van der Waals surface area contributed by atoms with Crippen LogP contribution in [0.4, 0.5) is 0 Å². The van der Waals surface area contributed by atoms with Gasteiger partial charge in [-0.2, -0.15) is 8.42 Å². The lowest BCUT2D eigenvalue weighted by Gasteiger charge is -1.82. The van der Waals surface area contributed by atoms with Gasteiger partial charge in [0.2, 0.25) is 0 Å². The predicted molar refractivity (Wildman–Crippen MR) is 24.7 cm³/mol. The second kappa shape index (κ2) is 1.92. The highest BCUT2D eigenvalue weighted by Crippen LogP contribution is 2.15. The van der Waals surface area contributed by atoms with Gasteiger partial charge in [0.15, 0.2) is 0 Å². The molecule has 0 saturated carbocycles. The molecule has 0 saturated heterocycles. The van der Waals surface area contributed by atoms with E-state index in [0.717, 1.165) is 0 Å². The van der Waals surface area contributed by atoms with Crippen molar-refractivity contribution in [3.8, 4) is 0 Å². The molecule has 0 heterocycles. The quantitative estimate of drug-likeness (QED) is 0.372. The maximum Gasteiger partial charge on any atom is 0.327 e. The van der Waals surface area contributed by atoms with Crippen molar-refractivity contribution >= 4 is 16.9 Å². The minimum atomic E-state index is -4.42. The van der Waals surface area contributed by atoms with Crippen LogP contribution in [0.25, 0.3) is 0 Å². The van der Waals surface area contributed by atoms with Crippen LogP contribution in [0.15, 0.2) is 0 Å². The summed E-state index contributed by atoms with van der Waals surface area (Å²) < 4.78 is 36.3. The number of rotatable bonds is 1. The summed E-state index contributed by atoms with van der Waals surface area (Å²) in [7, 11) is -7.69. The Morgan fingerprint density at radius 3 is 1.71 bits per heavy atom. The van der Waals surface area contributed by atoms with E-state index in [1.165, 1.54) is 0 Å². The molecule has 3 N–H and O–H groups in total. The fraction of sp³-hybridized carbons (Fsp3) is 0. The molecule has 7 heavy (non-hydrogen) atoms. The molecule has 0 aliphatic rings. The van der Waals surface area contributed by atoms with E-state index in [2.05, 4.69) is 5.50 Å². The van der Waals surface area contributed by atoms with Gasteiger partial charge in [0.05, 0.1) is 0 Å². The number of hydrogen-bond acceptors (Lipinski definition) is 3. The summed E-state index contributed by atoms with van der Waals surface area (Å²) in [5, 5.41) is 0. The molecule has 1 atom stereocenters. The van der Waals surface area contributed by atoms with Gasteiger partial charge < -0.3 is 0 Å². The van der Waals surface area contributed by atoms with Crippen LogP contribution in [0.2, 0.25) is 0 Å². The van der Waals surface area contributed by atoms with Crippen molar-refractivity contribution in [2.75, 3.05) is 0 Å². The lowest BCUT2D eigenvalue weighted by Crippen LogP contribution is -1.93. The van der Waals surface area contributed by atoms with Gasteiger partial charge in [-0.05, 0) is 0 Å². The Morgan fingerprint density at radius 1 is 1.57 bits per heavy atom. The second-order valence-corrected chi connectivity index (χ2v) is 5.14. The molecular weight excluding hydrogens is 141 g/mol. The predicted octanol–water partition coefficient (Wildman–Crippen LogP) is -0.777. The summed E-state index contributed by atoms with van der Waals surface area (Å²) in [6.07, 6.45) is 0. The molecule has 0 aromatic heterocycles. The fourth-order valence-electron chi connectivity index (χ4n) is 0. The molecule has 7 heteroatoms. The Labute approximate surface area is 40.9 Å². The van der Waals surface area contributed by atoms with E-state index in [0.29, 0.717) is 0 Å². The summed E-state index contributed by atoms with van der Waals surface area (Å²) in [6.45, 7) is 0. The Kier molecular flexibility index (Phi) is 1.94. The Bertz CT molecular complexity index is 166. The molecule has 0 aliphatic carbocycles. The summed E-state index contributed by atoms with van der Waals surface area (Å²) >= 11 is 0. The molecular formula is H4NO4PS. The van der Waals surface area contributed by atoms with E-state index >= 15 is 0 Å². The summed E-state index contributed by atoms with van der Waals surface area (Å²) in [6, 6.07) is 0. The highest BCUT2D eigenvalue weighted by atomic mass is 32.8. The van der Waals surface area contributed by atoms with E-state index in [1.807, 2.05) is 0 Å². The van der Waals surface area contributed by atoms with Crippen molar-refractivity contribution in [2.45, 2.75) is 0 Å². The molecule has 0 aromatic rings. The molecule has 0 radical (unpaired) electrons. The highest BCUT2D eigenvalue weighted by molar-refractivity contribution is 8.42. The Balaban J connectivity index is 4.43. The van der Waals surface area contributed by atoms with Crippen LogP contribution in [0.3, 0.4) is 0 Å². The fourth-order valence-corrected chi connectivity index (χ4v) is 0. The van der Waals surface area contributed by atoms with Crippen molar-refractivity contribution in [3.05, 3.63) is 0 Å². The zero-order valence-corrected chi connectivity index (χ0v) is 4.97. The Hall–Kier alpha value is 0.100. The maximum atomic E-state index is 9.59. The van der Waals surface area contributed by atoms with Crippen molar-refractivity contribution < 1.29 is 17.5 Å². The molecule has 0 aliphatic heterocycles. The van der Waals surface area contributed by atoms with Crippen LogP contribution in [-0.4, -0.2) is 13.0 Å². The normalized spacial score (nSPS) is 16.3. The van der Waals surface area contributed by atoms with Crippen LogP contribution in [0.5, 0.6) is 0 Å². The second-order valence-electron chi connectivity index (χ2n) is 0.794. The van der Waals surface area contributed by atoms with E-state index in [9.17, 15) is 13.0 Å². The molecule has 0 rings (SSSR count). The first kappa shape index (κ1) is 7.10. The van der Waals surface area contributed by atoms with E-state index in [-0.39, 0.29) is 0 Å². The number of nitrogens with two attached hydrogens (primary N) is 1. The van der Waals surface area contributed by atoms with Gasteiger partial charge in [0.25, 0.3) is 7.15 Å². The smallest absolute Gasteiger partial charge is 0.291 e. The van der Waals surface area contributed by atoms with Crippen LogP contribution in [0, 0.1) is 0 Å². The van der Waals surface area contributed by atoms with Crippen molar-refractivity contribution in [2.24, 2.45) is 5.50 Å². The van der Waals surface area contributed by atoms with E-state index in [1.54, 1.807) is 0 Å². The van der Waals surface area contributed by atoms with Gasteiger partial charge in [-0.15, -0.1) is 0 Å². The van der Waals surface area contributed by atoms with Gasteiger partial charge in [0.1, 0.15) is 0 Å². The molecule has 5 nitrogen and oxygen atoms in total. The maximum absolute atomic E-state index is 9.59. The first-order valence-electron chi connectivity index (χ1n) is 1.21. The van der Waals surface area contributed by atoms with E-state index in [4.69, 9.17) is 4.55 Å². The van der Waals surface area contributed by atoms with Gasteiger partial charge in [-0.25, -0.2) is 0 Å². The molecule has 0 bridgehead atoms. The van der Waals surface area contributed by atoms with Crippen LogP contribution < -0.4 is 5.50 Å². The summed E-state index contributed by atoms with van der Waals surface area (Å²) in [5.41, 5.74) is 4.28. The third-order valence-electron chi connectivity index (χ3n) is 0.254. The summed E-state index contributed by atoms with van der Waals surface area (Å²) in [4.78, 5) is 0. The molecule has 0 spiro atoms. The van der Waals surface area contributed by atoms with Crippen molar-refractivity contribution in [1.29, 1.82) is 0 Å². The molecule has 44 valence electrons. The van der Waals surface area contributed by atoms with Gasteiger partial charge >= 0.3 is 9.74 Å². The minimum Gasteiger partial charge on any atom is -0.291 e. The zero-order valence-electron chi connectivity index (χ0n) is 3.16. The molecule has 0 aromatic carbocycles. The van der Waals surface area contributed by atoms with Gasteiger partial charge in [-0.3, -0.25) is 14.6 Å². The Morgan fingerprint density at radius 2 is 1.71 bits per heavy atom. The molecule has 0 fully saturated rings.